The van der Waals surface area contributed by atoms with Crippen molar-refractivity contribution in [1.29, 1.82) is 0 Å². The second kappa shape index (κ2) is 7.97. The molecular weight excluding hydrogens is 397 g/mol. The van der Waals surface area contributed by atoms with Gasteiger partial charge in [0.15, 0.2) is 0 Å². The van der Waals surface area contributed by atoms with Crippen molar-refractivity contribution in [3.05, 3.63) is 40.5 Å². The van der Waals surface area contributed by atoms with Crippen LogP contribution in [0.2, 0.25) is 0 Å². The molecule has 0 aliphatic carbocycles. The number of nitrogen functional groups attached to an aromatic ring is 1. The van der Waals surface area contributed by atoms with Crippen LogP contribution in [0.1, 0.15) is 35.1 Å². The number of aromatic nitrogens is 1. The fourth-order valence-electron chi connectivity index (χ4n) is 3.56. The number of pyridine rings is 1. The first-order chi connectivity index (χ1) is 14.0. The van der Waals surface area contributed by atoms with Gasteiger partial charge in [0.2, 0.25) is 5.91 Å². The van der Waals surface area contributed by atoms with Gasteiger partial charge in [0.05, 0.1) is 17.3 Å². The number of hydrogen-bond donors (Lipinski definition) is 2. The summed E-state index contributed by atoms with van der Waals surface area (Å²) >= 11 is 0. The molecule has 3 rings (SSSR count). The van der Waals surface area contributed by atoms with E-state index < -0.39 is 17.5 Å². The molecule has 1 amide bonds. The molecule has 6 nitrogen and oxygen atoms in total. The number of benzene rings is 1. The van der Waals surface area contributed by atoms with Gasteiger partial charge in [-0.05, 0) is 49.6 Å². The second-order valence-electron chi connectivity index (χ2n) is 7.55. The van der Waals surface area contributed by atoms with Crippen molar-refractivity contribution in [2.45, 2.75) is 38.9 Å². The third kappa shape index (κ3) is 4.39. The number of likely N-dealkylation sites (N-methyl/N-ethyl adjacent to an activating group) is 1. The molecule has 1 fully saturated rings. The molecular formula is C21H23F3N4O2. The quantitative estimate of drug-likeness (QED) is 0.741. The molecule has 1 aromatic carbocycles. The van der Waals surface area contributed by atoms with Gasteiger partial charge in [-0.2, -0.15) is 13.2 Å². The Labute approximate surface area is 172 Å². The van der Waals surface area contributed by atoms with E-state index in [1.807, 2.05) is 0 Å². The molecule has 1 aromatic heterocycles. The van der Waals surface area contributed by atoms with Crippen LogP contribution in [0.15, 0.2) is 23.2 Å². The number of anilines is 1. The van der Waals surface area contributed by atoms with E-state index in [4.69, 9.17) is 5.73 Å². The van der Waals surface area contributed by atoms with Crippen LogP contribution in [0.3, 0.4) is 0 Å². The van der Waals surface area contributed by atoms with Gasteiger partial charge in [-0.1, -0.05) is 0 Å². The summed E-state index contributed by atoms with van der Waals surface area (Å²) in [7, 11) is 1.73. The highest BCUT2D eigenvalue weighted by Crippen LogP contribution is 2.39. The Morgan fingerprint density at radius 1 is 1.27 bits per heavy atom. The number of aliphatic imine (C=N–C) groups is 1. The average molecular weight is 420 g/mol. The third-order valence-electron chi connectivity index (χ3n) is 5.21. The van der Waals surface area contributed by atoms with Crippen LogP contribution in [0.5, 0.6) is 5.75 Å². The first kappa shape index (κ1) is 21.6. The molecule has 1 atom stereocenters. The number of nitrogens with two attached hydrogens (primary N) is 1. The first-order valence-electron chi connectivity index (χ1n) is 9.42. The number of phenolic OH excluding ortho intramolecular Hbond substituents is 1. The van der Waals surface area contributed by atoms with Crippen LogP contribution in [0, 0.1) is 13.8 Å². The Morgan fingerprint density at radius 3 is 2.53 bits per heavy atom. The van der Waals surface area contributed by atoms with E-state index in [0.29, 0.717) is 31.0 Å². The minimum Gasteiger partial charge on any atom is -0.507 e. The fourth-order valence-corrected chi connectivity index (χ4v) is 3.56. The predicted molar refractivity (Wildman–Crippen MR) is 108 cm³/mol. The van der Waals surface area contributed by atoms with Crippen LogP contribution < -0.4 is 5.73 Å². The molecule has 0 radical (unpaired) electrons. The number of halogens is 3. The van der Waals surface area contributed by atoms with Crippen molar-refractivity contribution >= 4 is 17.9 Å². The van der Waals surface area contributed by atoms with E-state index in [1.165, 1.54) is 6.92 Å². The molecule has 9 heteroatoms. The molecule has 1 aliphatic heterocycles. The van der Waals surface area contributed by atoms with Gasteiger partial charge in [0.25, 0.3) is 0 Å². The summed E-state index contributed by atoms with van der Waals surface area (Å²) in [6.07, 6.45) is -1.84. The lowest BCUT2D eigenvalue weighted by Gasteiger charge is -2.27. The molecule has 0 saturated carbocycles. The van der Waals surface area contributed by atoms with Gasteiger partial charge in [0.1, 0.15) is 11.6 Å². The van der Waals surface area contributed by atoms with Crippen LogP contribution in [-0.4, -0.2) is 46.7 Å². The highest BCUT2D eigenvalue weighted by Gasteiger charge is 2.32. The summed E-state index contributed by atoms with van der Waals surface area (Å²) in [6.45, 7) is 3.79. The summed E-state index contributed by atoms with van der Waals surface area (Å²) < 4.78 is 38.9. The van der Waals surface area contributed by atoms with E-state index in [9.17, 15) is 23.1 Å². The predicted octanol–water partition coefficient (Wildman–Crippen LogP) is 3.71. The van der Waals surface area contributed by atoms with E-state index in [0.717, 1.165) is 11.6 Å². The smallest absolute Gasteiger partial charge is 0.416 e. The van der Waals surface area contributed by atoms with Crippen LogP contribution in [-0.2, 0) is 11.0 Å². The standard InChI is InChI=1S/C21H23F3N4O2/c1-11-7-16(19-12(2)6-13(8-17(19)29)21(22,23)24)27-20(25)15(11)9-26-14-4-5-18(30)28(3)10-14/h6-9,14,29H,4-5,10H2,1-3H3,(H2,25,27). The monoisotopic (exact) mass is 420 g/mol. The molecule has 0 bridgehead atoms. The minimum absolute atomic E-state index is 0.0348. The fraction of sp³-hybridized carbons (Fsp3) is 0.381. The Balaban J connectivity index is 1.92. The van der Waals surface area contributed by atoms with Gasteiger partial charge >= 0.3 is 6.18 Å². The molecule has 2 heterocycles. The minimum atomic E-state index is -4.55. The number of aryl methyl sites for hydroxylation is 2. The van der Waals surface area contributed by atoms with Crippen molar-refractivity contribution in [1.82, 2.24) is 9.88 Å². The van der Waals surface area contributed by atoms with Crippen molar-refractivity contribution in [2.24, 2.45) is 4.99 Å². The van der Waals surface area contributed by atoms with E-state index >= 15 is 0 Å². The highest BCUT2D eigenvalue weighted by molar-refractivity contribution is 5.89. The summed E-state index contributed by atoms with van der Waals surface area (Å²) in [4.78, 5) is 22.0. The van der Waals surface area contributed by atoms with Crippen LogP contribution >= 0.6 is 0 Å². The molecule has 3 N–H and O–H groups in total. The Bertz CT molecular complexity index is 972. The molecule has 0 spiro atoms. The number of nitrogens with zero attached hydrogens (tertiary/aromatic N) is 3. The van der Waals surface area contributed by atoms with E-state index in [2.05, 4.69) is 9.98 Å². The zero-order valence-corrected chi connectivity index (χ0v) is 16.9. The maximum absolute atomic E-state index is 13.0. The number of alkyl halides is 3. The SMILES string of the molecule is Cc1cc(-c2c(C)cc(C(F)(F)F)cc2O)nc(N)c1C=NC1CCC(=O)N(C)C1. The number of amides is 1. The number of phenols is 1. The van der Waals surface area contributed by atoms with Gasteiger partial charge in [-0.3, -0.25) is 9.79 Å². The molecule has 30 heavy (non-hydrogen) atoms. The topological polar surface area (TPSA) is 91.8 Å². The summed E-state index contributed by atoms with van der Waals surface area (Å²) in [5.41, 5.74) is 7.22. The lowest BCUT2D eigenvalue weighted by molar-refractivity contribution is -0.137. The number of carbonyl (C=O) groups is 1. The van der Waals surface area contributed by atoms with Crippen molar-refractivity contribution < 1.29 is 23.1 Å². The summed E-state index contributed by atoms with van der Waals surface area (Å²) in [5, 5.41) is 10.2. The number of carbonyl (C=O) groups excluding carboxylic acids is 1. The number of piperidine rings is 1. The normalized spacial score (nSPS) is 17.7. The Morgan fingerprint density at radius 2 is 1.97 bits per heavy atom. The van der Waals surface area contributed by atoms with Crippen LogP contribution in [0.4, 0.5) is 19.0 Å². The highest BCUT2D eigenvalue weighted by atomic mass is 19.4. The lowest BCUT2D eigenvalue weighted by atomic mass is 9.98. The van der Waals surface area contributed by atoms with E-state index in [-0.39, 0.29) is 34.6 Å². The Kier molecular flexibility index (Phi) is 5.74. The van der Waals surface area contributed by atoms with Crippen molar-refractivity contribution in [3.63, 3.8) is 0 Å². The summed E-state index contributed by atoms with van der Waals surface area (Å²) in [5.74, 6) is -0.257. The third-order valence-corrected chi connectivity index (χ3v) is 5.21. The molecule has 1 saturated heterocycles. The van der Waals surface area contributed by atoms with Gasteiger partial charge in [-0.25, -0.2) is 4.98 Å². The van der Waals surface area contributed by atoms with Gasteiger partial charge in [0, 0.05) is 37.4 Å². The van der Waals surface area contributed by atoms with Crippen LogP contribution in [0.25, 0.3) is 11.3 Å². The number of aromatic hydroxyl groups is 1. The molecule has 2 aromatic rings. The zero-order valence-electron chi connectivity index (χ0n) is 16.9. The van der Waals surface area contributed by atoms with E-state index in [1.54, 1.807) is 31.2 Å². The van der Waals surface area contributed by atoms with Crippen molar-refractivity contribution in [3.8, 4) is 17.0 Å². The maximum atomic E-state index is 13.0. The second-order valence-corrected chi connectivity index (χ2v) is 7.55. The molecule has 1 unspecified atom stereocenters. The number of likely N-dealkylation sites (tertiary alicyclic amines) is 1. The van der Waals surface area contributed by atoms with Gasteiger partial charge < -0.3 is 15.7 Å². The molecule has 1 aliphatic rings. The largest absolute Gasteiger partial charge is 0.507 e. The maximum Gasteiger partial charge on any atom is 0.416 e. The zero-order chi connectivity index (χ0) is 22.2. The summed E-state index contributed by atoms with van der Waals surface area (Å²) in [6, 6.07) is 3.28. The Hall–Kier alpha value is -3.10. The first-order valence-corrected chi connectivity index (χ1v) is 9.42. The van der Waals surface area contributed by atoms with Crippen molar-refractivity contribution in [2.75, 3.05) is 19.3 Å². The molecule has 160 valence electrons. The number of hydrogen-bond acceptors (Lipinski definition) is 5. The average Bonchev–Trinajstić information content (AvgIpc) is 2.62. The lowest BCUT2D eigenvalue weighted by Crippen LogP contribution is -2.38. The number of rotatable bonds is 3. The van der Waals surface area contributed by atoms with Gasteiger partial charge in [-0.15, -0.1) is 0 Å².